The van der Waals surface area contributed by atoms with Crippen molar-refractivity contribution < 1.29 is 23.7 Å². The SMILES string of the molecule is CCOc1cc2ncc(C#N)c(Nc3ccc(OCc4cnc5c(c4)OCCO5)c(Cl)c3)c2cc1NC(=O)CCCN(C)C. The molecule has 0 aliphatic carbocycles. The molecule has 1 aliphatic rings. The summed E-state index contributed by atoms with van der Waals surface area (Å²) < 4.78 is 22.8. The quantitative estimate of drug-likeness (QED) is 0.197. The second kappa shape index (κ2) is 14.1. The van der Waals surface area contributed by atoms with E-state index in [1.54, 1.807) is 36.5 Å². The molecule has 0 atom stereocenters. The van der Waals surface area contributed by atoms with Gasteiger partial charge in [0.15, 0.2) is 5.75 Å². The van der Waals surface area contributed by atoms with E-state index in [0.29, 0.717) is 87.9 Å². The van der Waals surface area contributed by atoms with E-state index in [-0.39, 0.29) is 12.5 Å². The number of benzene rings is 2. The molecule has 11 nitrogen and oxygen atoms in total. The minimum atomic E-state index is -0.125. The number of rotatable bonds is 12. The maximum absolute atomic E-state index is 12.8. The van der Waals surface area contributed by atoms with E-state index >= 15 is 0 Å². The summed E-state index contributed by atoms with van der Waals surface area (Å²) in [7, 11) is 3.94. The third-order valence-electron chi connectivity index (χ3n) is 6.72. The first-order valence-corrected chi connectivity index (χ1v) is 14.6. The molecule has 2 aromatic carbocycles. The van der Waals surface area contributed by atoms with Gasteiger partial charge in [-0.05, 0) is 64.3 Å². The molecule has 0 radical (unpaired) electrons. The zero-order chi connectivity index (χ0) is 31.1. The molecular formula is C32H33ClN6O5. The Morgan fingerprint density at radius 2 is 1.93 bits per heavy atom. The van der Waals surface area contributed by atoms with Crippen LogP contribution in [0.4, 0.5) is 17.1 Å². The summed E-state index contributed by atoms with van der Waals surface area (Å²) in [5, 5.41) is 17.2. The van der Waals surface area contributed by atoms with Gasteiger partial charge in [0.2, 0.25) is 5.91 Å². The van der Waals surface area contributed by atoms with Crippen LogP contribution in [0.5, 0.6) is 23.1 Å². The van der Waals surface area contributed by atoms with Crippen molar-refractivity contribution in [3.63, 3.8) is 0 Å². The zero-order valence-corrected chi connectivity index (χ0v) is 25.5. The predicted octanol–water partition coefficient (Wildman–Crippen LogP) is 5.93. The fourth-order valence-electron chi connectivity index (χ4n) is 4.63. The molecule has 0 saturated carbocycles. The minimum Gasteiger partial charge on any atom is -0.492 e. The van der Waals surface area contributed by atoms with Crippen molar-refractivity contribution in [2.75, 3.05) is 51.1 Å². The second-order valence-corrected chi connectivity index (χ2v) is 10.7. The number of carbonyl (C=O) groups is 1. The molecule has 44 heavy (non-hydrogen) atoms. The van der Waals surface area contributed by atoms with E-state index in [4.69, 9.17) is 30.5 Å². The number of pyridine rings is 2. The van der Waals surface area contributed by atoms with Crippen LogP contribution in [0.1, 0.15) is 30.9 Å². The highest BCUT2D eigenvalue weighted by atomic mass is 35.5. The van der Waals surface area contributed by atoms with Crippen molar-refractivity contribution in [2.24, 2.45) is 0 Å². The highest BCUT2D eigenvalue weighted by Gasteiger charge is 2.17. The molecule has 0 fully saturated rings. The predicted molar refractivity (Wildman–Crippen MR) is 168 cm³/mol. The molecular weight excluding hydrogens is 584 g/mol. The average Bonchev–Trinajstić information content (AvgIpc) is 3.01. The van der Waals surface area contributed by atoms with Crippen molar-refractivity contribution in [1.82, 2.24) is 14.9 Å². The molecule has 2 aromatic heterocycles. The van der Waals surface area contributed by atoms with E-state index in [2.05, 4.69) is 26.7 Å². The smallest absolute Gasteiger partial charge is 0.257 e. The Morgan fingerprint density at radius 3 is 2.70 bits per heavy atom. The van der Waals surface area contributed by atoms with Crippen molar-refractivity contribution >= 4 is 45.5 Å². The standard InChI is InChI=1S/C32H33ClN6O5/c1-4-41-28-15-25-23(14-26(28)38-30(40)6-5-9-39(2)3)31(21(16-34)18-35-25)37-22-7-8-27(24(33)13-22)44-19-20-12-29-32(36-17-20)43-11-10-42-29/h7-8,12-15,17-18H,4-6,9-11,19H2,1-3H3,(H,35,37)(H,38,40). The van der Waals surface area contributed by atoms with Crippen molar-refractivity contribution in [1.29, 1.82) is 5.26 Å². The lowest BCUT2D eigenvalue weighted by Crippen LogP contribution is -2.17. The Hall–Kier alpha value is -4.79. The monoisotopic (exact) mass is 616 g/mol. The molecule has 0 unspecified atom stereocenters. The summed E-state index contributed by atoms with van der Waals surface area (Å²) in [5.74, 6) is 1.91. The molecule has 0 bridgehead atoms. The number of ether oxygens (including phenoxy) is 4. The molecule has 2 N–H and O–H groups in total. The van der Waals surface area contributed by atoms with Gasteiger partial charge in [0.05, 0.1) is 34.1 Å². The van der Waals surface area contributed by atoms with Crippen molar-refractivity contribution in [3.8, 4) is 29.2 Å². The van der Waals surface area contributed by atoms with Gasteiger partial charge in [-0.25, -0.2) is 4.98 Å². The van der Waals surface area contributed by atoms with Crippen LogP contribution in [0, 0.1) is 11.3 Å². The van der Waals surface area contributed by atoms with Gasteiger partial charge in [-0.15, -0.1) is 0 Å². The van der Waals surface area contributed by atoms with Gasteiger partial charge in [0.25, 0.3) is 5.88 Å². The maximum Gasteiger partial charge on any atom is 0.257 e. The topological polar surface area (TPSA) is 131 Å². The molecule has 4 aromatic rings. The third kappa shape index (κ3) is 7.40. The number of amides is 1. The van der Waals surface area contributed by atoms with E-state index in [1.165, 1.54) is 6.20 Å². The van der Waals surface area contributed by atoms with E-state index in [0.717, 1.165) is 18.5 Å². The molecule has 0 spiro atoms. The number of nitrogens with one attached hydrogen (secondary N) is 2. The van der Waals surface area contributed by atoms with E-state index < -0.39 is 0 Å². The zero-order valence-electron chi connectivity index (χ0n) is 24.8. The normalized spacial score (nSPS) is 12.1. The molecule has 1 aliphatic heterocycles. The first kappa shape index (κ1) is 30.7. The van der Waals surface area contributed by atoms with Crippen LogP contribution in [-0.4, -0.2) is 61.2 Å². The van der Waals surface area contributed by atoms with E-state index in [1.807, 2.05) is 32.0 Å². The van der Waals surface area contributed by atoms with Crippen LogP contribution < -0.4 is 29.6 Å². The first-order valence-electron chi connectivity index (χ1n) is 14.2. The number of halogens is 1. The van der Waals surface area contributed by atoms with Crippen molar-refractivity contribution in [3.05, 3.63) is 64.9 Å². The van der Waals surface area contributed by atoms with Crippen LogP contribution >= 0.6 is 11.6 Å². The third-order valence-corrected chi connectivity index (χ3v) is 7.02. The Bertz CT molecular complexity index is 1710. The van der Waals surface area contributed by atoms with Gasteiger partial charge in [-0.3, -0.25) is 9.78 Å². The lowest BCUT2D eigenvalue weighted by molar-refractivity contribution is -0.116. The second-order valence-electron chi connectivity index (χ2n) is 10.3. The minimum absolute atomic E-state index is 0.125. The molecule has 12 heteroatoms. The number of carbonyl (C=O) groups excluding carboxylic acids is 1. The van der Waals surface area contributed by atoms with Crippen LogP contribution in [0.3, 0.4) is 0 Å². The number of nitrogens with zero attached hydrogens (tertiary/aromatic N) is 4. The van der Waals surface area contributed by atoms with Gasteiger partial charge in [-0.2, -0.15) is 5.26 Å². The Balaban J connectivity index is 1.37. The van der Waals surface area contributed by atoms with Crippen molar-refractivity contribution in [2.45, 2.75) is 26.4 Å². The summed E-state index contributed by atoms with van der Waals surface area (Å²) >= 11 is 6.60. The molecule has 5 rings (SSSR count). The average molecular weight is 617 g/mol. The summed E-state index contributed by atoms with van der Waals surface area (Å²) in [6.45, 7) is 4.26. The Kier molecular flexibility index (Phi) is 9.84. The number of nitriles is 1. The Labute approximate surface area is 260 Å². The molecule has 228 valence electrons. The van der Waals surface area contributed by atoms with Gasteiger partial charge in [-0.1, -0.05) is 11.6 Å². The number of hydrogen-bond acceptors (Lipinski definition) is 10. The lowest BCUT2D eigenvalue weighted by atomic mass is 10.1. The number of hydrogen-bond donors (Lipinski definition) is 2. The maximum atomic E-state index is 12.8. The van der Waals surface area contributed by atoms with Crippen LogP contribution in [0.25, 0.3) is 10.9 Å². The highest BCUT2D eigenvalue weighted by molar-refractivity contribution is 6.32. The van der Waals surface area contributed by atoms with Crippen LogP contribution in [0.2, 0.25) is 5.02 Å². The summed E-state index contributed by atoms with van der Waals surface area (Å²) in [6.07, 6.45) is 4.26. The summed E-state index contributed by atoms with van der Waals surface area (Å²) in [4.78, 5) is 23.5. The van der Waals surface area contributed by atoms with Gasteiger partial charge in [0, 0.05) is 41.5 Å². The highest BCUT2D eigenvalue weighted by Crippen LogP contribution is 2.38. The van der Waals surface area contributed by atoms with E-state index in [9.17, 15) is 10.1 Å². The van der Waals surface area contributed by atoms with Gasteiger partial charge < -0.3 is 34.5 Å². The van der Waals surface area contributed by atoms with Gasteiger partial charge >= 0.3 is 0 Å². The fourth-order valence-corrected chi connectivity index (χ4v) is 4.87. The molecule has 1 amide bonds. The Morgan fingerprint density at radius 1 is 1.09 bits per heavy atom. The first-order chi connectivity index (χ1) is 21.3. The number of anilines is 3. The number of fused-ring (bicyclic) bond motifs is 2. The summed E-state index contributed by atoms with van der Waals surface area (Å²) in [5.41, 5.74) is 3.39. The lowest BCUT2D eigenvalue weighted by Gasteiger charge is -2.18. The molecule has 3 heterocycles. The molecule has 0 saturated heterocycles. The van der Waals surface area contributed by atoms with Crippen LogP contribution in [-0.2, 0) is 11.4 Å². The largest absolute Gasteiger partial charge is 0.492 e. The number of aromatic nitrogens is 2. The van der Waals surface area contributed by atoms with Gasteiger partial charge in [0.1, 0.15) is 37.4 Å². The van der Waals surface area contributed by atoms with Crippen LogP contribution in [0.15, 0.2) is 48.8 Å². The summed E-state index contributed by atoms with van der Waals surface area (Å²) in [6, 6.07) is 12.8. The fraction of sp³-hybridized carbons (Fsp3) is 0.312.